The molecule has 0 amide bonds. The van der Waals surface area contributed by atoms with Gasteiger partial charge in [0.25, 0.3) is 6.01 Å². The smallest absolute Gasteiger partial charge is 0.298 e. The van der Waals surface area contributed by atoms with Gasteiger partial charge < -0.3 is 13.9 Å². The lowest BCUT2D eigenvalue weighted by atomic mass is 9.68. The molecule has 1 saturated heterocycles. The van der Waals surface area contributed by atoms with Gasteiger partial charge in [-0.3, -0.25) is 0 Å². The molecule has 6 rings (SSSR count). The number of rotatable bonds is 2. The molecule has 1 saturated carbocycles. The van der Waals surface area contributed by atoms with Gasteiger partial charge in [-0.25, -0.2) is 0 Å². The Morgan fingerprint density at radius 1 is 0.867 bits per heavy atom. The number of benzene rings is 2. The molecule has 0 N–H and O–H groups in total. The number of anilines is 1. The Morgan fingerprint density at radius 3 is 2.47 bits per heavy atom. The Labute approximate surface area is 177 Å². The monoisotopic (exact) mass is 399 g/mol. The number of hydrogen-bond acceptors (Lipinski definition) is 3. The quantitative estimate of drug-likeness (QED) is 0.384. The van der Waals surface area contributed by atoms with Crippen LogP contribution in [0.2, 0.25) is 0 Å². The van der Waals surface area contributed by atoms with Crippen LogP contribution in [0.15, 0.2) is 53.1 Å². The van der Waals surface area contributed by atoms with E-state index < -0.39 is 0 Å². The second-order valence-corrected chi connectivity index (χ2v) is 9.43. The van der Waals surface area contributed by atoms with E-state index in [0.29, 0.717) is 5.41 Å². The molecule has 1 aliphatic carbocycles. The third kappa shape index (κ3) is 3.01. The molecule has 2 fully saturated rings. The van der Waals surface area contributed by atoms with Crippen LogP contribution in [0.3, 0.4) is 0 Å². The largest absolute Gasteiger partial charge is 0.423 e. The van der Waals surface area contributed by atoms with Crippen LogP contribution in [-0.2, 0) is 7.05 Å². The second-order valence-electron chi connectivity index (χ2n) is 9.43. The molecular formula is C26H29N3O. The van der Waals surface area contributed by atoms with Crippen LogP contribution in [0.4, 0.5) is 6.01 Å². The zero-order chi connectivity index (χ0) is 20.1. The van der Waals surface area contributed by atoms with Crippen molar-refractivity contribution in [2.75, 3.05) is 18.0 Å². The maximum atomic E-state index is 6.16. The fraction of sp³-hybridized carbons (Fsp3) is 0.423. The molecule has 0 unspecified atom stereocenters. The lowest BCUT2D eigenvalue weighted by Crippen LogP contribution is -2.41. The van der Waals surface area contributed by atoms with Crippen LogP contribution >= 0.6 is 0 Å². The van der Waals surface area contributed by atoms with E-state index in [1.165, 1.54) is 67.0 Å². The Morgan fingerprint density at radius 2 is 1.63 bits per heavy atom. The summed E-state index contributed by atoms with van der Waals surface area (Å²) < 4.78 is 8.31. The highest BCUT2D eigenvalue weighted by molar-refractivity contribution is 5.88. The van der Waals surface area contributed by atoms with E-state index in [1.54, 1.807) is 0 Å². The number of fused-ring (bicyclic) bond motifs is 2. The first-order chi connectivity index (χ1) is 14.7. The Kier molecular flexibility index (Phi) is 4.15. The summed E-state index contributed by atoms with van der Waals surface area (Å²) in [5.74, 6) is 0. The lowest BCUT2D eigenvalue weighted by molar-refractivity contribution is 0.142. The third-order valence-corrected chi connectivity index (χ3v) is 7.60. The Balaban J connectivity index is 1.26. The van der Waals surface area contributed by atoms with Crippen LogP contribution in [0.5, 0.6) is 0 Å². The van der Waals surface area contributed by atoms with Crippen molar-refractivity contribution in [3.8, 4) is 11.1 Å². The predicted molar refractivity (Wildman–Crippen MR) is 123 cm³/mol. The van der Waals surface area contributed by atoms with E-state index in [0.717, 1.165) is 30.2 Å². The number of oxazole rings is 1. The maximum Gasteiger partial charge on any atom is 0.298 e. The first-order valence-corrected chi connectivity index (χ1v) is 11.4. The number of aromatic nitrogens is 2. The second kappa shape index (κ2) is 6.90. The Hall–Kier alpha value is -2.75. The van der Waals surface area contributed by atoms with Crippen molar-refractivity contribution in [1.82, 2.24) is 9.55 Å². The summed E-state index contributed by atoms with van der Waals surface area (Å²) in [5, 5.41) is 1.26. The minimum absolute atomic E-state index is 0.601. The minimum atomic E-state index is 0.601. The lowest BCUT2D eigenvalue weighted by Gasteiger charge is -2.43. The van der Waals surface area contributed by atoms with Gasteiger partial charge in [-0.1, -0.05) is 31.4 Å². The highest BCUT2D eigenvalue weighted by atomic mass is 16.4. The molecule has 2 aromatic carbocycles. The molecule has 3 heterocycles. The average Bonchev–Trinajstić information content (AvgIpc) is 3.37. The zero-order valence-corrected chi connectivity index (χ0v) is 17.7. The molecule has 4 heteroatoms. The fourth-order valence-electron chi connectivity index (χ4n) is 5.67. The summed E-state index contributed by atoms with van der Waals surface area (Å²) in [6.45, 7) is 2.15. The van der Waals surface area contributed by atoms with E-state index in [-0.39, 0.29) is 0 Å². The SMILES string of the molecule is Cn1ccc2cc(-c3ccc4oc(N5CCC6(CCCCC6)CC5)nc4c3)ccc21. The summed E-state index contributed by atoms with van der Waals surface area (Å²) in [6, 6.07) is 16.0. The molecule has 2 aliphatic rings. The van der Waals surface area contributed by atoms with Crippen LogP contribution in [0, 0.1) is 5.41 Å². The van der Waals surface area contributed by atoms with E-state index in [4.69, 9.17) is 9.40 Å². The van der Waals surface area contributed by atoms with Gasteiger partial charge in [-0.15, -0.1) is 0 Å². The maximum absolute atomic E-state index is 6.16. The molecule has 0 atom stereocenters. The summed E-state index contributed by atoms with van der Waals surface area (Å²) in [5.41, 5.74) is 6.10. The first kappa shape index (κ1) is 18.1. The summed E-state index contributed by atoms with van der Waals surface area (Å²) >= 11 is 0. The van der Waals surface area contributed by atoms with Crippen molar-refractivity contribution in [2.24, 2.45) is 12.5 Å². The van der Waals surface area contributed by atoms with Crippen molar-refractivity contribution in [1.29, 1.82) is 0 Å². The van der Waals surface area contributed by atoms with Gasteiger partial charge in [-0.05, 0) is 72.6 Å². The number of aryl methyl sites for hydroxylation is 1. The standard InChI is InChI=1S/C26H29N3O/c1-28-14-9-21-17-19(5-7-23(21)28)20-6-8-24-22(18-20)27-25(30-24)29-15-12-26(13-16-29)10-3-2-4-11-26/h5-9,14,17-18H,2-4,10-13,15-16H2,1H3. The van der Waals surface area contributed by atoms with Gasteiger partial charge in [0.15, 0.2) is 5.58 Å². The minimum Gasteiger partial charge on any atom is -0.423 e. The van der Waals surface area contributed by atoms with E-state index in [1.807, 2.05) is 0 Å². The van der Waals surface area contributed by atoms with Gasteiger partial charge in [0, 0.05) is 37.2 Å². The van der Waals surface area contributed by atoms with Crippen LogP contribution in [0.25, 0.3) is 33.1 Å². The molecule has 0 bridgehead atoms. The highest BCUT2D eigenvalue weighted by Crippen LogP contribution is 2.45. The van der Waals surface area contributed by atoms with Crippen LogP contribution in [0.1, 0.15) is 44.9 Å². The number of nitrogens with zero attached hydrogens (tertiary/aromatic N) is 3. The van der Waals surface area contributed by atoms with E-state index in [9.17, 15) is 0 Å². The topological polar surface area (TPSA) is 34.2 Å². The molecule has 0 radical (unpaired) electrons. The third-order valence-electron chi connectivity index (χ3n) is 7.60. The molecule has 154 valence electrons. The van der Waals surface area contributed by atoms with Crippen molar-refractivity contribution in [3.63, 3.8) is 0 Å². The van der Waals surface area contributed by atoms with Gasteiger partial charge in [0.1, 0.15) is 5.52 Å². The normalized spacial score (nSPS) is 19.2. The molecule has 4 nitrogen and oxygen atoms in total. The fourth-order valence-corrected chi connectivity index (χ4v) is 5.67. The molecule has 1 aliphatic heterocycles. The van der Waals surface area contributed by atoms with Crippen LogP contribution < -0.4 is 4.90 Å². The number of hydrogen-bond donors (Lipinski definition) is 0. The van der Waals surface area contributed by atoms with E-state index >= 15 is 0 Å². The number of piperidine rings is 1. The summed E-state index contributed by atoms with van der Waals surface area (Å²) in [4.78, 5) is 7.23. The van der Waals surface area contributed by atoms with Crippen molar-refractivity contribution >= 4 is 28.0 Å². The van der Waals surface area contributed by atoms with Crippen molar-refractivity contribution < 1.29 is 4.42 Å². The van der Waals surface area contributed by atoms with Crippen molar-refractivity contribution in [3.05, 3.63) is 48.7 Å². The molecular weight excluding hydrogens is 370 g/mol. The predicted octanol–water partition coefficient (Wildman–Crippen LogP) is 6.54. The molecule has 4 aromatic rings. The van der Waals surface area contributed by atoms with Gasteiger partial charge in [0.05, 0.1) is 0 Å². The van der Waals surface area contributed by atoms with E-state index in [2.05, 4.69) is 65.2 Å². The van der Waals surface area contributed by atoms with Gasteiger partial charge in [-0.2, -0.15) is 4.98 Å². The van der Waals surface area contributed by atoms with Crippen LogP contribution in [-0.4, -0.2) is 22.6 Å². The summed E-state index contributed by atoms with van der Waals surface area (Å²) in [6.07, 6.45) is 11.8. The zero-order valence-electron chi connectivity index (χ0n) is 17.7. The van der Waals surface area contributed by atoms with Gasteiger partial charge in [0.2, 0.25) is 0 Å². The Bertz CT molecular complexity index is 1200. The average molecular weight is 400 g/mol. The van der Waals surface area contributed by atoms with Gasteiger partial charge >= 0.3 is 0 Å². The highest BCUT2D eigenvalue weighted by Gasteiger charge is 2.36. The molecule has 30 heavy (non-hydrogen) atoms. The molecule has 1 spiro atoms. The molecule has 2 aromatic heterocycles. The summed E-state index contributed by atoms with van der Waals surface area (Å²) in [7, 11) is 2.09. The van der Waals surface area contributed by atoms with Crippen molar-refractivity contribution in [2.45, 2.75) is 44.9 Å². The first-order valence-electron chi connectivity index (χ1n) is 11.4.